The smallest absolute Gasteiger partial charge is 0.293 e. The summed E-state index contributed by atoms with van der Waals surface area (Å²) in [6.45, 7) is 2.53. The van der Waals surface area contributed by atoms with Crippen LogP contribution < -0.4 is 9.47 Å². The molecule has 1 aliphatic rings. The molecule has 6 nitrogen and oxygen atoms in total. The molecule has 4 rings (SSSR count). The van der Waals surface area contributed by atoms with Crippen molar-refractivity contribution in [1.82, 2.24) is 4.90 Å². The molecule has 3 aromatic rings. The zero-order valence-electron chi connectivity index (χ0n) is 19.2. The number of thioether (sulfide) groups is 1. The van der Waals surface area contributed by atoms with Gasteiger partial charge in [0, 0.05) is 10.0 Å². The summed E-state index contributed by atoms with van der Waals surface area (Å²) in [7, 11) is 0. The molecule has 0 unspecified atom stereocenters. The van der Waals surface area contributed by atoms with Crippen molar-refractivity contribution in [3.8, 4) is 17.6 Å². The summed E-state index contributed by atoms with van der Waals surface area (Å²) in [5, 5.41) is 9.27. The number of imide groups is 1. The van der Waals surface area contributed by atoms with Gasteiger partial charge in [-0.2, -0.15) is 5.26 Å². The van der Waals surface area contributed by atoms with Crippen LogP contribution in [0.2, 0.25) is 5.02 Å². The van der Waals surface area contributed by atoms with Gasteiger partial charge < -0.3 is 9.47 Å². The lowest BCUT2D eigenvalue weighted by atomic mass is 10.1. The Labute approximate surface area is 226 Å². The van der Waals surface area contributed by atoms with Crippen LogP contribution in [0, 0.1) is 11.3 Å². The second-order valence-corrected chi connectivity index (χ2v) is 10.0. The molecular weight excluding hydrogens is 564 g/mol. The maximum Gasteiger partial charge on any atom is 0.293 e. The van der Waals surface area contributed by atoms with Crippen molar-refractivity contribution in [2.75, 3.05) is 6.61 Å². The Morgan fingerprint density at radius 2 is 1.86 bits per heavy atom. The molecule has 182 valence electrons. The number of nitriles is 1. The summed E-state index contributed by atoms with van der Waals surface area (Å²) in [6, 6.07) is 20.1. The molecule has 1 fully saturated rings. The fourth-order valence-electron chi connectivity index (χ4n) is 3.54. The average molecular weight is 584 g/mol. The monoisotopic (exact) mass is 582 g/mol. The summed E-state index contributed by atoms with van der Waals surface area (Å²) in [6.07, 6.45) is 1.62. The molecule has 0 aliphatic carbocycles. The molecule has 0 spiro atoms. The minimum absolute atomic E-state index is 0.137. The number of hydrogen-bond donors (Lipinski definition) is 0. The van der Waals surface area contributed by atoms with Crippen LogP contribution in [0.15, 0.2) is 70.0 Å². The number of halogens is 2. The first-order valence-corrected chi connectivity index (χ1v) is 12.9. The molecule has 0 saturated carbocycles. The van der Waals surface area contributed by atoms with Crippen molar-refractivity contribution >= 4 is 56.5 Å². The zero-order valence-corrected chi connectivity index (χ0v) is 22.3. The maximum atomic E-state index is 13.0. The van der Waals surface area contributed by atoms with Crippen molar-refractivity contribution < 1.29 is 19.1 Å². The van der Waals surface area contributed by atoms with Gasteiger partial charge in [0.1, 0.15) is 6.61 Å². The van der Waals surface area contributed by atoms with Crippen LogP contribution in [-0.4, -0.2) is 22.7 Å². The molecule has 2 amide bonds. The number of ether oxygens (including phenoxy) is 2. The second-order valence-electron chi connectivity index (χ2n) is 7.71. The fraction of sp³-hybridized carbons (Fsp3) is 0.148. The summed E-state index contributed by atoms with van der Waals surface area (Å²) < 4.78 is 12.6. The van der Waals surface area contributed by atoms with E-state index < -0.39 is 0 Å². The number of amides is 2. The minimum Gasteiger partial charge on any atom is -0.490 e. The van der Waals surface area contributed by atoms with Crippen LogP contribution in [0.25, 0.3) is 6.08 Å². The molecule has 0 atom stereocenters. The van der Waals surface area contributed by atoms with E-state index in [0.717, 1.165) is 27.4 Å². The molecule has 0 radical (unpaired) electrons. The van der Waals surface area contributed by atoms with Crippen LogP contribution >= 0.6 is 39.3 Å². The largest absolute Gasteiger partial charge is 0.490 e. The Hall–Kier alpha value is -3.25. The predicted octanol–water partition coefficient (Wildman–Crippen LogP) is 7.19. The van der Waals surface area contributed by atoms with Crippen LogP contribution in [-0.2, 0) is 17.9 Å². The molecule has 1 heterocycles. The summed E-state index contributed by atoms with van der Waals surface area (Å²) in [5.41, 5.74) is 2.69. The van der Waals surface area contributed by atoms with E-state index in [9.17, 15) is 14.9 Å². The van der Waals surface area contributed by atoms with Crippen molar-refractivity contribution in [3.63, 3.8) is 0 Å². The highest BCUT2D eigenvalue weighted by atomic mass is 79.9. The van der Waals surface area contributed by atoms with Gasteiger partial charge in [-0.25, -0.2) is 0 Å². The molecule has 3 aromatic carbocycles. The standard InChI is InChI=1S/C27H20BrClN2O4S/c1-2-34-23-12-18(11-22(29)25(23)35-16-20-6-4-3-5-19(20)14-30)13-24-26(32)31(27(33)36-24)15-17-7-9-21(28)10-8-17/h3-13H,2,15-16H2,1H3/b24-13-. The van der Waals surface area contributed by atoms with Gasteiger partial charge in [-0.1, -0.05) is 57.9 Å². The summed E-state index contributed by atoms with van der Waals surface area (Å²) in [5.74, 6) is 0.377. The van der Waals surface area contributed by atoms with Crippen molar-refractivity contribution in [2.45, 2.75) is 20.1 Å². The normalized spacial score (nSPS) is 14.3. The highest BCUT2D eigenvalue weighted by Crippen LogP contribution is 2.40. The third kappa shape index (κ3) is 5.93. The number of nitrogens with zero attached hydrogens (tertiary/aromatic N) is 2. The molecule has 0 N–H and O–H groups in total. The van der Waals surface area contributed by atoms with Crippen LogP contribution in [0.3, 0.4) is 0 Å². The Bertz CT molecular complexity index is 1390. The van der Waals surface area contributed by atoms with E-state index in [1.807, 2.05) is 43.3 Å². The van der Waals surface area contributed by atoms with Gasteiger partial charge in [0.15, 0.2) is 11.5 Å². The molecule has 9 heteroatoms. The molecule has 0 aromatic heterocycles. The van der Waals surface area contributed by atoms with Crippen molar-refractivity contribution in [3.05, 3.63) is 97.3 Å². The lowest BCUT2D eigenvalue weighted by molar-refractivity contribution is -0.123. The summed E-state index contributed by atoms with van der Waals surface area (Å²) >= 11 is 10.8. The Kier molecular flexibility index (Phi) is 8.36. The third-order valence-electron chi connectivity index (χ3n) is 5.27. The van der Waals surface area contributed by atoms with Gasteiger partial charge >= 0.3 is 0 Å². The number of benzene rings is 3. The molecule has 1 aliphatic heterocycles. The Morgan fingerprint density at radius 3 is 2.58 bits per heavy atom. The SMILES string of the molecule is CCOc1cc(/C=C2\SC(=O)N(Cc3ccc(Br)cc3)C2=O)cc(Cl)c1OCc1ccccc1C#N. The fourth-order valence-corrected chi connectivity index (χ4v) is 4.92. The van der Waals surface area contributed by atoms with Gasteiger partial charge in [-0.3, -0.25) is 14.5 Å². The number of rotatable bonds is 8. The lowest BCUT2D eigenvalue weighted by Gasteiger charge is -2.15. The zero-order chi connectivity index (χ0) is 25.7. The number of hydrogen-bond acceptors (Lipinski definition) is 6. The highest BCUT2D eigenvalue weighted by Gasteiger charge is 2.35. The van der Waals surface area contributed by atoms with E-state index in [-0.39, 0.29) is 29.3 Å². The van der Waals surface area contributed by atoms with Gasteiger partial charge in [-0.15, -0.1) is 0 Å². The van der Waals surface area contributed by atoms with E-state index in [1.54, 1.807) is 30.3 Å². The molecule has 1 saturated heterocycles. The number of carbonyl (C=O) groups excluding carboxylic acids is 2. The Morgan fingerprint density at radius 1 is 1.11 bits per heavy atom. The van der Waals surface area contributed by atoms with E-state index in [4.69, 9.17) is 21.1 Å². The van der Waals surface area contributed by atoms with Gasteiger partial charge in [0.25, 0.3) is 11.1 Å². The first-order chi connectivity index (χ1) is 17.4. The van der Waals surface area contributed by atoms with Gasteiger partial charge in [0.2, 0.25) is 0 Å². The highest BCUT2D eigenvalue weighted by molar-refractivity contribution is 9.10. The van der Waals surface area contributed by atoms with Crippen LogP contribution in [0.5, 0.6) is 11.5 Å². The minimum atomic E-state index is -0.365. The Balaban J connectivity index is 1.56. The first kappa shape index (κ1) is 25.8. The third-order valence-corrected chi connectivity index (χ3v) is 6.98. The molecule has 0 bridgehead atoms. The quantitative estimate of drug-likeness (QED) is 0.261. The van der Waals surface area contributed by atoms with Gasteiger partial charge in [-0.05, 0) is 66.2 Å². The van der Waals surface area contributed by atoms with E-state index in [0.29, 0.717) is 34.1 Å². The summed E-state index contributed by atoms with van der Waals surface area (Å²) in [4.78, 5) is 27.0. The van der Waals surface area contributed by atoms with Crippen LogP contribution in [0.4, 0.5) is 4.79 Å². The van der Waals surface area contributed by atoms with E-state index >= 15 is 0 Å². The second kappa shape index (κ2) is 11.7. The van der Waals surface area contributed by atoms with Crippen LogP contribution in [0.1, 0.15) is 29.2 Å². The number of carbonyl (C=O) groups is 2. The molecular formula is C27H20BrClN2O4S. The van der Waals surface area contributed by atoms with Crippen molar-refractivity contribution in [1.29, 1.82) is 5.26 Å². The average Bonchev–Trinajstić information content (AvgIpc) is 3.12. The lowest BCUT2D eigenvalue weighted by Crippen LogP contribution is -2.27. The van der Waals surface area contributed by atoms with Gasteiger partial charge in [0.05, 0.1) is 34.7 Å². The topological polar surface area (TPSA) is 79.6 Å². The molecule has 36 heavy (non-hydrogen) atoms. The van der Waals surface area contributed by atoms with E-state index in [2.05, 4.69) is 22.0 Å². The maximum absolute atomic E-state index is 13.0. The van der Waals surface area contributed by atoms with Crippen molar-refractivity contribution in [2.24, 2.45) is 0 Å². The predicted molar refractivity (Wildman–Crippen MR) is 144 cm³/mol. The van der Waals surface area contributed by atoms with E-state index in [1.165, 1.54) is 4.90 Å². The first-order valence-electron chi connectivity index (χ1n) is 11.0.